The minimum atomic E-state index is 0.188. The summed E-state index contributed by atoms with van der Waals surface area (Å²) >= 11 is 0. The molecule has 1 spiro atoms. The Morgan fingerprint density at radius 1 is 0.625 bits per heavy atom. The lowest BCUT2D eigenvalue weighted by atomic mass is 9.52. The SMILES string of the molecule is Cc1ccc2c(c1)C1(CC(C)(C)CC(C)(C)C1)c1cc(C)ccc1-2. The normalized spacial score (nSPS) is 22.2. The van der Waals surface area contributed by atoms with Crippen LogP contribution in [-0.4, -0.2) is 0 Å². The van der Waals surface area contributed by atoms with Gasteiger partial charge in [0, 0.05) is 5.41 Å². The molecule has 0 heteroatoms. The Kier molecular flexibility index (Phi) is 3.15. The van der Waals surface area contributed by atoms with Gasteiger partial charge in [0.2, 0.25) is 0 Å². The fourth-order valence-corrected chi connectivity index (χ4v) is 6.22. The number of hydrogen-bond donors (Lipinski definition) is 0. The molecule has 0 aliphatic heterocycles. The highest BCUT2D eigenvalue weighted by Crippen LogP contribution is 2.63. The summed E-state index contributed by atoms with van der Waals surface area (Å²) in [4.78, 5) is 0. The van der Waals surface area contributed by atoms with Crippen LogP contribution in [0.2, 0.25) is 0 Å². The van der Waals surface area contributed by atoms with Gasteiger partial charge in [-0.2, -0.15) is 0 Å². The first-order chi connectivity index (χ1) is 11.1. The Morgan fingerprint density at radius 2 is 1.04 bits per heavy atom. The van der Waals surface area contributed by atoms with E-state index in [9.17, 15) is 0 Å². The summed E-state index contributed by atoms with van der Waals surface area (Å²) in [7, 11) is 0. The van der Waals surface area contributed by atoms with Crippen LogP contribution in [0.15, 0.2) is 36.4 Å². The van der Waals surface area contributed by atoms with Gasteiger partial charge < -0.3 is 0 Å². The quantitative estimate of drug-likeness (QED) is 0.500. The van der Waals surface area contributed by atoms with Gasteiger partial charge in [-0.25, -0.2) is 0 Å². The van der Waals surface area contributed by atoms with Gasteiger partial charge in [-0.15, -0.1) is 0 Å². The summed E-state index contributed by atoms with van der Waals surface area (Å²) < 4.78 is 0. The molecule has 2 aromatic rings. The molecule has 0 atom stereocenters. The number of aryl methyl sites for hydroxylation is 2. The minimum Gasteiger partial charge on any atom is -0.0598 e. The van der Waals surface area contributed by atoms with Gasteiger partial charge in [0.15, 0.2) is 0 Å². The van der Waals surface area contributed by atoms with Crippen molar-refractivity contribution in [2.75, 3.05) is 0 Å². The van der Waals surface area contributed by atoms with E-state index in [0.717, 1.165) is 0 Å². The third-order valence-corrected chi connectivity index (χ3v) is 6.19. The van der Waals surface area contributed by atoms with Gasteiger partial charge in [0.25, 0.3) is 0 Å². The Morgan fingerprint density at radius 3 is 1.46 bits per heavy atom. The zero-order valence-corrected chi connectivity index (χ0v) is 16.1. The number of fused-ring (bicyclic) bond motifs is 5. The molecule has 0 radical (unpaired) electrons. The molecule has 2 aliphatic carbocycles. The first kappa shape index (κ1) is 15.9. The van der Waals surface area contributed by atoms with E-state index in [2.05, 4.69) is 77.9 Å². The first-order valence-electron chi connectivity index (χ1n) is 9.35. The average molecular weight is 319 g/mol. The van der Waals surface area contributed by atoms with Gasteiger partial charge in [-0.05, 0) is 66.2 Å². The molecule has 0 N–H and O–H groups in total. The molecule has 0 bridgehead atoms. The monoisotopic (exact) mass is 318 g/mol. The van der Waals surface area contributed by atoms with Crippen molar-refractivity contribution in [2.24, 2.45) is 10.8 Å². The van der Waals surface area contributed by atoms with E-state index in [0.29, 0.717) is 10.8 Å². The third-order valence-electron chi connectivity index (χ3n) is 6.19. The topological polar surface area (TPSA) is 0 Å². The van der Waals surface area contributed by atoms with Crippen molar-refractivity contribution >= 4 is 0 Å². The summed E-state index contributed by atoms with van der Waals surface area (Å²) in [6.45, 7) is 14.4. The molecular weight excluding hydrogens is 288 g/mol. The summed E-state index contributed by atoms with van der Waals surface area (Å²) in [5.74, 6) is 0. The molecule has 4 rings (SSSR count). The van der Waals surface area contributed by atoms with Crippen molar-refractivity contribution in [2.45, 2.75) is 66.2 Å². The van der Waals surface area contributed by atoms with Crippen molar-refractivity contribution in [3.63, 3.8) is 0 Å². The Balaban J connectivity index is 2.04. The highest BCUT2D eigenvalue weighted by molar-refractivity contribution is 5.82. The third kappa shape index (κ3) is 2.26. The fourth-order valence-electron chi connectivity index (χ4n) is 6.22. The Labute approximate surface area is 147 Å². The molecule has 0 nitrogen and oxygen atoms in total. The van der Waals surface area contributed by atoms with Crippen molar-refractivity contribution in [3.05, 3.63) is 58.7 Å². The standard InChI is InChI=1S/C24H30/c1-16-7-9-18-19-10-8-17(2)12-21(19)24(20(18)11-16)14-22(3,4)13-23(5,6)15-24/h7-12H,13-15H2,1-6H3. The predicted molar refractivity (Wildman–Crippen MR) is 104 cm³/mol. The van der Waals surface area contributed by atoms with Gasteiger partial charge >= 0.3 is 0 Å². The summed E-state index contributed by atoms with van der Waals surface area (Å²) in [5, 5.41) is 0. The average Bonchev–Trinajstić information content (AvgIpc) is 2.65. The zero-order chi connectivity index (χ0) is 17.3. The van der Waals surface area contributed by atoms with E-state index in [1.54, 1.807) is 11.1 Å². The van der Waals surface area contributed by atoms with Crippen molar-refractivity contribution in [3.8, 4) is 11.1 Å². The highest BCUT2D eigenvalue weighted by Gasteiger charge is 2.53. The number of hydrogen-bond acceptors (Lipinski definition) is 0. The first-order valence-corrected chi connectivity index (χ1v) is 9.35. The lowest BCUT2D eigenvalue weighted by molar-refractivity contribution is 0.0645. The molecule has 126 valence electrons. The van der Waals surface area contributed by atoms with Gasteiger partial charge in [-0.1, -0.05) is 75.2 Å². The van der Waals surface area contributed by atoms with Gasteiger partial charge in [0.05, 0.1) is 0 Å². The van der Waals surface area contributed by atoms with Crippen LogP contribution in [-0.2, 0) is 5.41 Å². The van der Waals surface area contributed by atoms with Crippen LogP contribution in [0.4, 0.5) is 0 Å². The Bertz CT molecular complexity index is 750. The van der Waals surface area contributed by atoms with Crippen LogP contribution < -0.4 is 0 Å². The van der Waals surface area contributed by atoms with Crippen LogP contribution >= 0.6 is 0 Å². The molecule has 1 fully saturated rings. The lowest BCUT2D eigenvalue weighted by Crippen LogP contribution is -2.44. The second-order valence-corrected chi connectivity index (χ2v) is 10.0. The van der Waals surface area contributed by atoms with E-state index in [4.69, 9.17) is 0 Å². The predicted octanol–water partition coefficient (Wildman–Crippen LogP) is 6.81. The second-order valence-electron chi connectivity index (χ2n) is 10.0. The largest absolute Gasteiger partial charge is 0.0598 e. The maximum absolute atomic E-state index is 2.47. The summed E-state index contributed by atoms with van der Waals surface area (Å²) in [5.41, 5.74) is 9.83. The van der Waals surface area contributed by atoms with E-state index >= 15 is 0 Å². The maximum atomic E-state index is 2.47. The van der Waals surface area contributed by atoms with Crippen LogP contribution in [0.1, 0.15) is 69.2 Å². The van der Waals surface area contributed by atoms with Crippen LogP contribution in [0.25, 0.3) is 11.1 Å². The molecule has 0 aromatic heterocycles. The second kappa shape index (κ2) is 4.75. The molecule has 1 saturated carbocycles. The number of benzene rings is 2. The van der Waals surface area contributed by atoms with E-state index in [1.807, 2.05) is 0 Å². The number of rotatable bonds is 0. The fraction of sp³-hybridized carbons (Fsp3) is 0.500. The highest BCUT2D eigenvalue weighted by atomic mass is 14.6. The molecule has 2 aliphatic rings. The summed E-state index contributed by atoms with van der Waals surface area (Å²) in [6.07, 6.45) is 3.83. The molecule has 2 aromatic carbocycles. The van der Waals surface area contributed by atoms with Crippen molar-refractivity contribution in [1.29, 1.82) is 0 Å². The molecular formula is C24H30. The molecule has 24 heavy (non-hydrogen) atoms. The molecule has 0 heterocycles. The van der Waals surface area contributed by atoms with Crippen molar-refractivity contribution < 1.29 is 0 Å². The van der Waals surface area contributed by atoms with E-state index in [1.165, 1.54) is 41.5 Å². The minimum absolute atomic E-state index is 0.188. The zero-order valence-electron chi connectivity index (χ0n) is 16.1. The van der Waals surface area contributed by atoms with Crippen molar-refractivity contribution in [1.82, 2.24) is 0 Å². The molecule has 0 saturated heterocycles. The van der Waals surface area contributed by atoms with Crippen LogP contribution in [0, 0.1) is 24.7 Å². The smallest absolute Gasteiger partial charge is 0.0225 e. The van der Waals surface area contributed by atoms with E-state index in [-0.39, 0.29) is 5.41 Å². The Hall–Kier alpha value is -1.56. The maximum Gasteiger partial charge on any atom is 0.0225 e. The van der Waals surface area contributed by atoms with Crippen LogP contribution in [0.5, 0.6) is 0 Å². The lowest BCUT2D eigenvalue weighted by Gasteiger charge is -2.52. The van der Waals surface area contributed by atoms with Gasteiger partial charge in [0.1, 0.15) is 0 Å². The molecule has 0 unspecified atom stereocenters. The van der Waals surface area contributed by atoms with Crippen LogP contribution in [0.3, 0.4) is 0 Å². The molecule has 0 amide bonds. The summed E-state index contributed by atoms with van der Waals surface area (Å²) in [6, 6.07) is 14.2. The van der Waals surface area contributed by atoms with Gasteiger partial charge in [-0.3, -0.25) is 0 Å². The van der Waals surface area contributed by atoms with E-state index < -0.39 is 0 Å².